The van der Waals surface area contributed by atoms with Gasteiger partial charge < -0.3 is 4.74 Å². The summed E-state index contributed by atoms with van der Waals surface area (Å²) in [4.78, 5) is 4.84. The molecule has 47 heavy (non-hydrogen) atoms. The predicted octanol–water partition coefficient (Wildman–Crippen LogP) is 11.0. The Kier molecular flexibility index (Phi) is 7.71. The summed E-state index contributed by atoms with van der Waals surface area (Å²) in [6, 6.07) is 30.2. The summed E-state index contributed by atoms with van der Waals surface area (Å²) in [5.41, 5.74) is 11.8. The third-order valence-electron chi connectivity index (χ3n) is 9.02. The molecule has 5 heteroatoms. The molecule has 0 amide bonds. The quantitative estimate of drug-likeness (QED) is 0.178. The van der Waals surface area contributed by atoms with E-state index < -0.39 is 0 Å². The minimum atomic E-state index is 0.0130. The SMILES string of the molecule is CCCc1cc(Oc2ccc3c4ccccc4n(-c4cc(C(C)(C)C)ccn4)c3c2)cc(-n2cc(-c3c(C)cc(C)cc3C)cn2)c1. The highest BCUT2D eigenvalue weighted by atomic mass is 16.5. The van der Waals surface area contributed by atoms with Crippen molar-refractivity contribution in [2.75, 3.05) is 0 Å². The van der Waals surface area contributed by atoms with Crippen LogP contribution >= 0.6 is 0 Å². The fourth-order valence-electron chi connectivity index (χ4n) is 6.90. The van der Waals surface area contributed by atoms with Gasteiger partial charge in [-0.1, -0.05) is 70.0 Å². The van der Waals surface area contributed by atoms with E-state index in [2.05, 4.69) is 144 Å². The van der Waals surface area contributed by atoms with Crippen LogP contribution in [-0.2, 0) is 11.8 Å². The number of benzene rings is 4. The molecule has 0 saturated carbocycles. The van der Waals surface area contributed by atoms with Gasteiger partial charge in [0.1, 0.15) is 17.3 Å². The van der Waals surface area contributed by atoms with Gasteiger partial charge in [-0.25, -0.2) is 9.67 Å². The Bertz CT molecular complexity index is 2240. The molecule has 0 aliphatic carbocycles. The molecule has 236 valence electrons. The number of hydrogen-bond acceptors (Lipinski definition) is 3. The molecule has 7 rings (SSSR count). The first-order valence-corrected chi connectivity index (χ1v) is 16.5. The summed E-state index contributed by atoms with van der Waals surface area (Å²) < 4.78 is 10.9. The molecule has 0 radical (unpaired) electrons. The molecular formula is C42H42N4O. The van der Waals surface area contributed by atoms with Crippen molar-refractivity contribution in [2.24, 2.45) is 0 Å². The average Bonchev–Trinajstić information content (AvgIpc) is 3.63. The van der Waals surface area contributed by atoms with Crippen molar-refractivity contribution in [2.45, 2.75) is 66.7 Å². The number of aryl methyl sites for hydroxylation is 4. The molecule has 3 aromatic heterocycles. The topological polar surface area (TPSA) is 44.9 Å². The second-order valence-corrected chi connectivity index (χ2v) is 13.8. The van der Waals surface area contributed by atoms with Crippen molar-refractivity contribution in [3.05, 3.63) is 131 Å². The van der Waals surface area contributed by atoms with E-state index in [0.29, 0.717) is 0 Å². The van der Waals surface area contributed by atoms with E-state index in [1.807, 2.05) is 17.1 Å². The van der Waals surface area contributed by atoms with Crippen LogP contribution < -0.4 is 4.74 Å². The lowest BCUT2D eigenvalue weighted by molar-refractivity contribution is 0.482. The van der Waals surface area contributed by atoms with Gasteiger partial charge in [0.05, 0.1) is 22.9 Å². The van der Waals surface area contributed by atoms with Crippen LogP contribution in [0.4, 0.5) is 0 Å². The second kappa shape index (κ2) is 11.9. The number of fused-ring (bicyclic) bond motifs is 3. The normalized spacial score (nSPS) is 11.9. The van der Waals surface area contributed by atoms with Gasteiger partial charge in [0.25, 0.3) is 0 Å². The van der Waals surface area contributed by atoms with Crippen LogP contribution in [0.2, 0.25) is 0 Å². The third-order valence-corrected chi connectivity index (χ3v) is 9.02. The number of rotatable bonds is 7. The summed E-state index contributed by atoms with van der Waals surface area (Å²) in [6.45, 7) is 15.4. The Labute approximate surface area is 277 Å². The zero-order valence-corrected chi connectivity index (χ0v) is 28.4. The molecule has 0 saturated heterocycles. The zero-order chi connectivity index (χ0) is 32.9. The van der Waals surface area contributed by atoms with Gasteiger partial charge in [-0.05, 0) is 103 Å². The third kappa shape index (κ3) is 5.83. The van der Waals surface area contributed by atoms with E-state index in [1.165, 1.54) is 44.2 Å². The molecule has 0 aliphatic heterocycles. The van der Waals surface area contributed by atoms with Crippen LogP contribution in [0.15, 0.2) is 104 Å². The number of aromatic nitrogens is 4. The maximum atomic E-state index is 6.67. The molecule has 4 aromatic carbocycles. The van der Waals surface area contributed by atoms with Gasteiger partial charge in [0.2, 0.25) is 0 Å². The largest absolute Gasteiger partial charge is 0.457 e. The van der Waals surface area contributed by atoms with Crippen LogP contribution in [-0.4, -0.2) is 19.3 Å². The predicted molar refractivity (Wildman–Crippen MR) is 195 cm³/mol. The smallest absolute Gasteiger partial charge is 0.137 e. The van der Waals surface area contributed by atoms with Crippen LogP contribution in [0.5, 0.6) is 11.5 Å². The number of ether oxygens (including phenoxy) is 1. The first kappa shape index (κ1) is 30.5. The highest BCUT2D eigenvalue weighted by Gasteiger charge is 2.18. The number of para-hydroxylation sites is 1. The van der Waals surface area contributed by atoms with Crippen LogP contribution in [0.25, 0.3) is 44.4 Å². The Morgan fingerprint density at radius 1 is 0.766 bits per heavy atom. The maximum Gasteiger partial charge on any atom is 0.137 e. The monoisotopic (exact) mass is 618 g/mol. The maximum absolute atomic E-state index is 6.67. The minimum absolute atomic E-state index is 0.0130. The Morgan fingerprint density at radius 2 is 1.53 bits per heavy atom. The second-order valence-electron chi connectivity index (χ2n) is 13.8. The molecule has 0 aliphatic rings. The Balaban J connectivity index is 1.30. The Hall–Kier alpha value is -5.16. The van der Waals surface area contributed by atoms with Crippen molar-refractivity contribution in [1.82, 2.24) is 19.3 Å². The van der Waals surface area contributed by atoms with Crippen LogP contribution in [0, 0.1) is 20.8 Å². The van der Waals surface area contributed by atoms with Gasteiger partial charge in [0, 0.05) is 40.9 Å². The average molecular weight is 619 g/mol. The molecule has 7 aromatic rings. The van der Waals surface area contributed by atoms with Crippen molar-refractivity contribution in [3.63, 3.8) is 0 Å². The van der Waals surface area contributed by atoms with E-state index in [9.17, 15) is 0 Å². The van der Waals surface area contributed by atoms with Crippen molar-refractivity contribution in [3.8, 4) is 34.1 Å². The van der Waals surface area contributed by atoms with Crippen LogP contribution in [0.1, 0.15) is 61.9 Å². The van der Waals surface area contributed by atoms with Gasteiger partial charge in [-0.2, -0.15) is 5.10 Å². The molecule has 0 fully saturated rings. The fourth-order valence-corrected chi connectivity index (χ4v) is 6.90. The lowest BCUT2D eigenvalue weighted by atomic mass is 9.88. The number of hydrogen-bond donors (Lipinski definition) is 0. The van der Waals surface area contributed by atoms with E-state index in [4.69, 9.17) is 14.8 Å². The van der Waals surface area contributed by atoms with Gasteiger partial charge >= 0.3 is 0 Å². The van der Waals surface area contributed by atoms with Gasteiger partial charge in [0.15, 0.2) is 0 Å². The first-order valence-electron chi connectivity index (χ1n) is 16.5. The van der Waals surface area contributed by atoms with Gasteiger partial charge in [-0.3, -0.25) is 4.57 Å². The highest BCUT2D eigenvalue weighted by molar-refractivity contribution is 6.09. The molecule has 0 unspecified atom stereocenters. The molecule has 0 bridgehead atoms. The molecule has 0 atom stereocenters. The highest BCUT2D eigenvalue weighted by Crippen LogP contribution is 2.37. The molecule has 3 heterocycles. The summed E-state index contributed by atoms with van der Waals surface area (Å²) in [5.74, 6) is 2.47. The van der Waals surface area contributed by atoms with E-state index >= 15 is 0 Å². The minimum Gasteiger partial charge on any atom is -0.457 e. The summed E-state index contributed by atoms with van der Waals surface area (Å²) in [5, 5.41) is 7.16. The number of nitrogens with zero attached hydrogens (tertiary/aromatic N) is 4. The molecule has 5 nitrogen and oxygen atoms in total. The van der Waals surface area contributed by atoms with Crippen molar-refractivity contribution < 1.29 is 4.74 Å². The standard InChI is InChI=1S/C42H42N4O/c1-8-11-30-20-33(45-26-31(25-44-45)41-28(3)18-27(2)19-29(41)4)23-35(21-30)47-34-14-15-37-36-12-9-10-13-38(36)46(39(37)24-34)40-22-32(16-17-43-40)42(5,6)7/h9-10,12-26H,8,11H2,1-7H3. The molecule has 0 N–H and O–H groups in total. The van der Waals surface area contributed by atoms with E-state index in [-0.39, 0.29) is 5.41 Å². The summed E-state index contributed by atoms with van der Waals surface area (Å²) >= 11 is 0. The number of pyridine rings is 1. The molecule has 0 spiro atoms. The van der Waals surface area contributed by atoms with Gasteiger partial charge in [-0.15, -0.1) is 0 Å². The van der Waals surface area contributed by atoms with Crippen molar-refractivity contribution in [1.29, 1.82) is 0 Å². The molecular weight excluding hydrogens is 576 g/mol. The lowest BCUT2D eigenvalue weighted by Gasteiger charge is -2.20. The lowest BCUT2D eigenvalue weighted by Crippen LogP contribution is -2.12. The van der Waals surface area contributed by atoms with E-state index in [1.54, 1.807) is 0 Å². The zero-order valence-electron chi connectivity index (χ0n) is 28.4. The fraction of sp³-hybridized carbons (Fsp3) is 0.238. The first-order chi connectivity index (χ1) is 22.6. The van der Waals surface area contributed by atoms with Crippen molar-refractivity contribution >= 4 is 21.8 Å². The van der Waals surface area contributed by atoms with Crippen LogP contribution in [0.3, 0.4) is 0 Å². The summed E-state index contributed by atoms with van der Waals surface area (Å²) in [6.07, 6.45) is 8.01. The summed E-state index contributed by atoms with van der Waals surface area (Å²) in [7, 11) is 0. The van der Waals surface area contributed by atoms with E-state index in [0.717, 1.165) is 52.4 Å². The Morgan fingerprint density at radius 3 is 2.30 bits per heavy atom.